The van der Waals surface area contributed by atoms with Crippen LogP contribution in [0.1, 0.15) is 43.4 Å². The lowest BCUT2D eigenvalue weighted by atomic mass is 9.65. The Labute approximate surface area is 147 Å². The number of rotatable bonds is 5. The van der Waals surface area contributed by atoms with Gasteiger partial charge in [-0.25, -0.2) is 0 Å². The van der Waals surface area contributed by atoms with Crippen LogP contribution in [0.2, 0.25) is 0 Å². The molecule has 24 heavy (non-hydrogen) atoms. The summed E-state index contributed by atoms with van der Waals surface area (Å²) in [6, 6.07) is 4.09. The minimum Gasteiger partial charge on any atom is -0.458 e. The molecule has 130 valence electrons. The highest BCUT2D eigenvalue weighted by molar-refractivity contribution is 7.11. The van der Waals surface area contributed by atoms with E-state index in [0.717, 1.165) is 11.3 Å². The lowest BCUT2D eigenvalue weighted by molar-refractivity contribution is -0.165. The Morgan fingerprint density at radius 1 is 1.38 bits per heavy atom. The van der Waals surface area contributed by atoms with Gasteiger partial charge in [0.05, 0.1) is 6.54 Å². The third kappa shape index (κ3) is 2.10. The van der Waals surface area contributed by atoms with E-state index in [2.05, 4.69) is 12.6 Å². The van der Waals surface area contributed by atoms with Crippen LogP contribution in [0.25, 0.3) is 0 Å². The van der Waals surface area contributed by atoms with Crippen molar-refractivity contribution in [2.75, 3.05) is 6.54 Å². The standard InChI is InChI=1S/C19H25NO3S/c1-6-11-20(12-14-8-7-13(2)24-14)15(21)19-10-9-18(5,17(19,3)4)23-16(19)22/h6-8H,1,9-12H2,2-5H3/t18-,19+/m1/s1. The summed E-state index contributed by atoms with van der Waals surface area (Å²) < 4.78 is 5.66. The quantitative estimate of drug-likeness (QED) is 0.464. The maximum Gasteiger partial charge on any atom is 0.322 e. The van der Waals surface area contributed by atoms with Crippen molar-refractivity contribution in [3.05, 3.63) is 34.5 Å². The van der Waals surface area contributed by atoms with Crippen LogP contribution in [0.15, 0.2) is 24.8 Å². The minimum absolute atomic E-state index is 0.121. The Hall–Kier alpha value is -1.62. The number of carbonyl (C=O) groups is 2. The van der Waals surface area contributed by atoms with Gasteiger partial charge in [-0.15, -0.1) is 17.9 Å². The number of esters is 1. The third-order valence-electron chi connectivity index (χ3n) is 6.18. The molecule has 1 aromatic rings. The van der Waals surface area contributed by atoms with Crippen molar-refractivity contribution in [1.82, 2.24) is 4.90 Å². The van der Waals surface area contributed by atoms with Crippen molar-refractivity contribution in [3.8, 4) is 0 Å². The van der Waals surface area contributed by atoms with E-state index in [-0.39, 0.29) is 11.9 Å². The van der Waals surface area contributed by atoms with Gasteiger partial charge < -0.3 is 9.64 Å². The molecule has 3 rings (SSSR count). The normalized spacial score (nSPS) is 30.2. The van der Waals surface area contributed by atoms with Crippen LogP contribution in [-0.2, 0) is 20.9 Å². The van der Waals surface area contributed by atoms with Crippen molar-refractivity contribution in [1.29, 1.82) is 0 Å². The van der Waals surface area contributed by atoms with Gasteiger partial charge in [0.2, 0.25) is 5.91 Å². The van der Waals surface area contributed by atoms with Gasteiger partial charge in [0.15, 0.2) is 5.41 Å². The Balaban J connectivity index is 1.95. The molecule has 5 heteroatoms. The first-order chi connectivity index (χ1) is 11.2. The van der Waals surface area contributed by atoms with Crippen molar-refractivity contribution in [2.24, 2.45) is 10.8 Å². The van der Waals surface area contributed by atoms with Crippen LogP contribution in [0, 0.1) is 17.8 Å². The lowest BCUT2D eigenvalue weighted by Crippen LogP contribution is -2.52. The Morgan fingerprint density at radius 3 is 2.54 bits per heavy atom. The van der Waals surface area contributed by atoms with Crippen molar-refractivity contribution >= 4 is 23.2 Å². The molecule has 0 unspecified atom stereocenters. The summed E-state index contributed by atoms with van der Waals surface area (Å²) in [4.78, 5) is 30.2. The fourth-order valence-electron chi connectivity index (χ4n) is 4.19. The molecule has 1 amide bonds. The molecule has 1 aliphatic carbocycles. The number of amides is 1. The zero-order valence-electron chi connectivity index (χ0n) is 14.8. The molecule has 1 saturated carbocycles. The molecular weight excluding hydrogens is 322 g/mol. The number of thiophene rings is 1. The highest BCUT2D eigenvalue weighted by Crippen LogP contribution is 2.66. The van der Waals surface area contributed by atoms with E-state index < -0.39 is 16.4 Å². The van der Waals surface area contributed by atoms with Crippen molar-refractivity contribution in [2.45, 2.75) is 52.7 Å². The van der Waals surface area contributed by atoms with Crippen LogP contribution < -0.4 is 0 Å². The summed E-state index contributed by atoms with van der Waals surface area (Å²) in [5.74, 6) is -0.479. The zero-order chi connectivity index (χ0) is 17.8. The Kier molecular flexibility index (Phi) is 3.91. The molecule has 0 spiro atoms. The summed E-state index contributed by atoms with van der Waals surface area (Å²) in [5, 5.41) is 0. The number of hydrogen-bond donors (Lipinski definition) is 0. The Morgan fingerprint density at radius 2 is 2.08 bits per heavy atom. The van der Waals surface area contributed by atoms with Crippen molar-refractivity contribution in [3.63, 3.8) is 0 Å². The molecule has 2 fully saturated rings. The zero-order valence-corrected chi connectivity index (χ0v) is 15.7. The van der Waals surface area contributed by atoms with Gasteiger partial charge in [-0.2, -0.15) is 0 Å². The van der Waals surface area contributed by atoms with Gasteiger partial charge >= 0.3 is 5.97 Å². The van der Waals surface area contributed by atoms with Gasteiger partial charge in [-0.05, 0) is 38.8 Å². The van der Waals surface area contributed by atoms with E-state index in [1.807, 2.05) is 33.8 Å². The second-order valence-corrected chi connectivity index (χ2v) is 9.01. The smallest absolute Gasteiger partial charge is 0.322 e. The monoisotopic (exact) mass is 347 g/mol. The summed E-state index contributed by atoms with van der Waals surface area (Å²) in [7, 11) is 0. The molecule has 0 N–H and O–H groups in total. The van der Waals surface area contributed by atoms with Gasteiger partial charge in [0, 0.05) is 21.7 Å². The fourth-order valence-corrected chi connectivity index (χ4v) is 5.10. The maximum atomic E-state index is 13.5. The summed E-state index contributed by atoms with van der Waals surface area (Å²) in [6.07, 6.45) is 3.01. The highest BCUT2D eigenvalue weighted by Gasteiger charge is 2.76. The molecule has 2 atom stereocenters. The molecule has 1 aliphatic heterocycles. The number of fused-ring (bicyclic) bond motifs is 2. The second kappa shape index (κ2) is 5.45. The SMILES string of the molecule is C=CCN(Cc1ccc(C)s1)C(=O)[C@@]12CC[C@@](C)(OC1=O)C2(C)C. The van der Waals surface area contributed by atoms with Crippen LogP contribution in [0.4, 0.5) is 0 Å². The average Bonchev–Trinajstić information content (AvgIpc) is 3.04. The number of carbonyl (C=O) groups excluding carboxylic acids is 2. The first-order valence-corrected chi connectivity index (χ1v) is 9.19. The number of hydrogen-bond acceptors (Lipinski definition) is 4. The largest absolute Gasteiger partial charge is 0.458 e. The molecule has 0 aromatic carbocycles. The van der Waals surface area contributed by atoms with Crippen molar-refractivity contribution < 1.29 is 14.3 Å². The first-order valence-electron chi connectivity index (χ1n) is 8.37. The van der Waals surface area contributed by atoms with E-state index in [1.54, 1.807) is 22.3 Å². The van der Waals surface area contributed by atoms with E-state index in [0.29, 0.717) is 19.5 Å². The van der Waals surface area contributed by atoms with Gasteiger partial charge in [0.25, 0.3) is 0 Å². The topological polar surface area (TPSA) is 46.6 Å². The Bertz CT molecular complexity index is 707. The van der Waals surface area contributed by atoms with E-state index in [4.69, 9.17) is 4.74 Å². The van der Waals surface area contributed by atoms with E-state index in [1.165, 1.54) is 4.88 Å². The third-order valence-corrected chi connectivity index (χ3v) is 7.16. The molecule has 2 aliphatic rings. The van der Waals surface area contributed by atoms with Crippen LogP contribution in [-0.4, -0.2) is 28.9 Å². The second-order valence-electron chi connectivity index (χ2n) is 7.64. The minimum atomic E-state index is -1.07. The predicted octanol–water partition coefficient (Wildman–Crippen LogP) is 3.69. The van der Waals surface area contributed by atoms with Gasteiger partial charge in [-0.1, -0.05) is 19.9 Å². The summed E-state index contributed by atoms with van der Waals surface area (Å²) >= 11 is 1.67. The maximum absolute atomic E-state index is 13.5. The fraction of sp³-hybridized carbons (Fsp3) is 0.579. The van der Waals surface area contributed by atoms with Gasteiger partial charge in [0.1, 0.15) is 5.60 Å². The molecule has 2 bridgehead atoms. The molecule has 4 nitrogen and oxygen atoms in total. The number of aryl methyl sites for hydroxylation is 1. The van der Waals surface area contributed by atoms with Gasteiger partial charge in [-0.3, -0.25) is 9.59 Å². The number of ether oxygens (including phenoxy) is 1. The average molecular weight is 347 g/mol. The number of nitrogens with zero attached hydrogens (tertiary/aromatic N) is 1. The molecular formula is C19H25NO3S. The van der Waals surface area contributed by atoms with Crippen LogP contribution in [0.3, 0.4) is 0 Å². The van der Waals surface area contributed by atoms with E-state index >= 15 is 0 Å². The highest BCUT2D eigenvalue weighted by atomic mass is 32.1. The molecule has 0 radical (unpaired) electrons. The first kappa shape index (κ1) is 17.2. The molecule has 2 heterocycles. The summed E-state index contributed by atoms with van der Waals surface area (Å²) in [6.45, 7) is 12.7. The molecule has 1 aromatic heterocycles. The van der Waals surface area contributed by atoms with Crippen LogP contribution in [0.5, 0.6) is 0 Å². The summed E-state index contributed by atoms with van der Waals surface area (Å²) in [5.41, 5.74) is -2.14. The van der Waals surface area contributed by atoms with Crippen LogP contribution >= 0.6 is 11.3 Å². The molecule has 1 saturated heterocycles. The predicted molar refractivity (Wildman–Crippen MR) is 94.6 cm³/mol. The lowest BCUT2D eigenvalue weighted by Gasteiger charge is -2.37. The van der Waals surface area contributed by atoms with E-state index in [9.17, 15) is 9.59 Å².